The second-order valence-corrected chi connectivity index (χ2v) is 3.89. The summed E-state index contributed by atoms with van der Waals surface area (Å²) in [6.07, 6.45) is 0. The van der Waals surface area contributed by atoms with Crippen molar-refractivity contribution in [2.45, 2.75) is 0 Å². The normalized spacial score (nSPS) is 15.3. The van der Waals surface area contributed by atoms with Gasteiger partial charge in [-0.15, -0.1) is 0 Å². The van der Waals surface area contributed by atoms with Crippen LogP contribution in [0.4, 0.5) is 0 Å². The zero-order valence-electron chi connectivity index (χ0n) is 3.98. The van der Waals surface area contributed by atoms with Crippen LogP contribution < -0.4 is 0 Å². The molecule has 0 bridgehead atoms. The molecule has 0 amide bonds. The first-order valence-corrected chi connectivity index (χ1v) is 5.09. The van der Waals surface area contributed by atoms with Gasteiger partial charge in [0.05, 0.1) is 0 Å². The highest BCUT2D eigenvalue weighted by Crippen LogP contribution is 1.92. The van der Waals surface area contributed by atoms with Crippen molar-refractivity contribution in [3.8, 4) is 0 Å². The van der Waals surface area contributed by atoms with Gasteiger partial charge in [0.15, 0.2) is 5.94 Å². The maximum atomic E-state index is 9.87. The van der Waals surface area contributed by atoms with Crippen molar-refractivity contribution < 1.29 is 21.4 Å². The minimum Gasteiger partial charge on any atom is -0.264 e. The van der Waals surface area contributed by atoms with Crippen LogP contribution in [-0.2, 0) is 24.6 Å². The van der Waals surface area contributed by atoms with Gasteiger partial charge in [-0.1, -0.05) is 0 Å². The summed E-state index contributed by atoms with van der Waals surface area (Å²) in [5, 5.41) is 0. The van der Waals surface area contributed by atoms with Crippen molar-refractivity contribution in [1.29, 1.82) is 0 Å². The van der Waals surface area contributed by atoms with Crippen LogP contribution >= 0.6 is 10.7 Å². The molecule has 0 aliphatic carbocycles. The molecular formula is CH3ClO5S2. The minimum atomic E-state index is -4.50. The van der Waals surface area contributed by atoms with Crippen molar-refractivity contribution >= 4 is 31.1 Å². The molecule has 0 aliphatic rings. The fourth-order valence-electron chi connectivity index (χ4n) is 0.0986. The summed E-state index contributed by atoms with van der Waals surface area (Å²) in [4.78, 5) is 0. The molecule has 0 saturated carbocycles. The van der Waals surface area contributed by atoms with E-state index in [1.54, 1.807) is 0 Å². The highest BCUT2D eigenvalue weighted by atomic mass is 35.7. The lowest BCUT2D eigenvalue weighted by atomic mass is 11.7. The number of rotatable bonds is 3. The summed E-state index contributed by atoms with van der Waals surface area (Å²) in [6.45, 7) is 0. The zero-order valence-corrected chi connectivity index (χ0v) is 6.37. The van der Waals surface area contributed by atoms with Gasteiger partial charge in [0, 0.05) is 0 Å². The molecule has 1 atom stereocenters. The van der Waals surface area contributed by atoms with Crippen LogP contribution in [0.2, 0.25) is 0 Å². The molecule has 1 N–H and O–H groups in total. The monoisotopic (exact) mass is 194 g/mol. The third-order valence-corrected chi connectivity index (χ3v) is 1.43. The lowest BCUT2D eigenvalue weighted by Gasteiger charge is -1.91. The fourth-order valence-corrected chi connectivity index (χ4v) is 1.21. The van der Waals surface area contributed by atoms with Gasteiger partial charge < -0.3 is 0 Å². The van der Waals surface area contributed by atoms with Gasteiger partial charge in [-0.3, -0.25) is 4.55 Å². The summed E-state index contributed by atoms with van der Waals surface area (Å²) in [5.74, 6) is -0.736. The molecule has 0 heterocycles. The molecule has 0 aromatic heterocycles. The molecule has 0 spiro atoms. The summed E-state index contributed by atoms with van der Waals surface area (Å²) in [6, 6.07) is 0. The van der Waals surface area contributed by atoms with Gasteiger partial charge in [-0.2, -0.15) is 8.42 Å². The summed E-state index contributed by atoms with van der Waals surface area (Å²) in [5.41, 5.74) is 0. The average molecular weight is 195 g/mol. The minimum absolute atomic E-state index is 0.736. The van der Waals surface area contributed by atoms with E-state index in [4.69, 9.17) is 15.2 Å². The van der Waals surface area contributed by atoms with Gasteiger partial charge in [0.25, 0.3) is 0 Å². The Morgan fingerprint density at radius 2 is 2.11 bits per heavy atom. The van der Waals surface area contributed by atoms with Crippen molar-refractivity contribution in [3.05, 3.63) is 0 Å². The Labute approximate surface area is 58.9 Å². The second kappa shape index (κ2) is 3.47. The van der Waals surface area contributed by atoms with E-state index in [-0.39, 0.29) is 0 Å². The highest BCUT2D eigenvalue weighted by molar-refractivity contribution is 8.08. The van der Waals surface area contributed by atoms with E-state index in [9.17, 15) is 12.6 Å². The van der Waals surface area contributed by atoms with Crippen LogP contribution in [0, 0.1) is 0 Å². The Hall–Kier alpha value is 0.310. The third kappa shape index (κ3) is 8.31. The first-order chi connectivity index (χ1) is 3.92. The first-order valence-electron chi connectivity index (χ1n) is 1.58. The van der Waals surface area contributed by atoms with Gasteiger partial charge >= 0.3 is 10.4 Å². The maximum absolute atomic E-state index is 9.87. The van der Waals surface area contributed by atoms with Crippen LogP contribution in [0.25, 0.3) is 0 Å². The molecule has 5 nitrogen and oxygen atoms in total. The van der Waals surface area contributed by atoms with Crippen LogP contribution in [0.15, 0.2) is 0 Å². The molecule has 0 aromatic rings. The molecule has 0 fully saturated rings. The van der Waals surface area contributed by atoms with Crippen LogP contribution in [0.1, 0.15) is 0 Å². The van der Waals surface area contributed by atoms with Crippen LogP contribution in [0.3, 0.4) is 0 Å². The molecule has 9 heavy (non-hydrogen) atoms. The van der Waals surface area contributed by atoms with Crippen molar-refractivity contribution in [3.63, 3.8) is 0 Å². The van der Waals surface area contributed by atoms with Crippen molar-refractivity contribution in [2.75, 3.05) is 5.94 Å². The molecule has 56 valence electrons. The van der Waals surface area contributed by atoms with Crippen LogP contribution in [0.5, 0.6) is 0 Å². The number of hydrogen-bond acceptors (Lipinski definition) is 4. The zero-order chi connectivity index (χ0) is 7.49. The number of hydrogen-bond donors (Lipinski definition) is 1. The third-order valence-electron chi connectivity index (χ3n) is 0.290. The van der Waals surface area contributed by atoms with Crippen molar-refractivity contribution in [2.24, 2.45) is 0 Å². The standard InChI is InChI=1S/CH3ClO5S2/c2-8(3)1-7-9(4,5)6/h1H2,(H,4,5,6). The van der Waals surface area contributed by atoms with E-state index in [1.165, 1.54) is 0 Å². The average Bonchev–Trinajstić information content (AvgIpc) is 1.59. The van der Waals surface area contributed by atoms with E-state index in [2.05, 4.69) is 4.18 Å². The summed E-state index contributed by atoms with van der Waals surface area (Å²) in [7, 11) is -1.64. The van der Waals surface area contributed by atoms with Gasteiger partial charge in [0.1, 0.15) is 10.0 Å². The number of halogens is 1. The predicted molar refractivity (Wildman–Crippen MR) is 31.5 cm³/mol. The quantitative estimate of drug-likeness (QED) is 0.491. The fraction of sp³-hybridized carbons (Fsp3) is 1.00. The molecule has 0 aromatic carbocycles. The molecule has 0 rings (SSSR count). The maximum Gasteiger partial charge on any atom is 0.398 e. The Balaban J connectivity index is 3.67. The van der Waals surface area contributed by atoms with E-state index < -0.39 is 26.4 Å². The predicted octanol–water partition coefficient (Wildman–Crippen LogP) is -0.334. The SMILES string of the molecule is O=S(Cl)COS(=O)(=O)O. The molecule has 8 heteroatoms. The molecule has 1 unspecified atom stereocenters. The topological polar surface area (TPSA) is 80.7 Å². The first kappa shape index (κ1) is 9.31. The Bertz CT molecular complexity index is 193. The van der Waals surface area contributed by atoms with Gasteiger partial charge in [-0.05, 0) is 10.7 Å². The molecule has 0 radical (unpaired) electrons. The van der Waals surface area contributed by atoms with E-state index in [0.29, 0.717) is 0 Å². The smallest absolute Gasteiger partial charge is 0.264 e. The largest absolute Gasteiger partial charge is 0.398 e. The van der Waals surface area contributed by atoms with Gasteiger partial charge in [0.2, 0.25) is 0 Å². The molecule has 0 aliphatic heterocycles. The Kier molecular flexibility index (Phi) is 3.59. The Morgan fingerprint density at radius 3 is 2.22 bits per heavy atom. The van der Waals surface area contributed by atoms with Gasteiger partial charge in [-0.25, -0.2) is 8.39 Å². The second-order valence-electron chi connectivity index (χ2n) is 0.953. The van der Waals surface area contributed by atoms with Crippen LogP contribution in [-0.4, -0.2) is 23.1 Å². The molecular weight excluding hydrogens is 192 g/mol. The summed E-state index contributed by atoms with van der Waals surface area (Å²) < 4.78 is 40.6. The van der Waals surface area contributed by atoms with E-state index in [1.807, 2.05) is 0 Å². The Morgan fingerprint density at radius 1 is 1.67 bits per heavy atom. The van der Waals surface area contributed by atoms with E-state index >= 15 is 0 Å². The summed E-state index contributed by atoms with van der Waals surface area (Å²) >= 11 is 0. The highest BCUT2D eigenvalue weighted by Gasteiger charge is 2.05. The lowest BCUT2D eigenvalue weighted by Crippen LogP contribution is -2.05. The van der Waals surface area contributed by atoms with Crippen molar-refractivity contribution in [1.82, 2.24) is 0 Å². The molecule has 0 saturated heterocycles. The lowest BCUT2D eigenvalue weighted by molar-refractivity contribution is 0.311. The van der Waals surface area contributed by atoms with E-state index in [0.717, 1.165) is 0 Å².